The van der Waals surface area contributed by atoms with Gasteiger partial charge in [0.2, 0.25) is 5.79 Å². The number of benzene rings is 1. The minimum atomic E-state index is -2.32. The molecule has 2 heterocycles. The highest BCUT2D eigenvalue weighted by Crippen LogP contribution is 2.36. The van der Waals surface area contributed by atoms with Crippen molar-refractivity contribution in [1.82, 2.24) is 0 Å². The lowest BCUT2D eigenvalue weighted by molar-refractivity contribution is -0.383. The van der Waals surface area contributed by atoms with E-state index in [1.54, 1.807) is 0 Å². The third kappa shape index (κ3) is 5.78. The molecule has 8 N–H and O–H groups in total. The summed E-state index contributed by atoms with van der Waals surface area (Å²) in [5, 5.41) is 79.6. The fraction of sp³-hybridized carbons (Fsp3) is 0.591. The Morgan fingerprint density at radius 2 is 1.78 bits per heavy atom. The molecule has 202 valence electrons. The van der Waals surface area contributed by atoms with Crippen molar-refractivity contribution in [3.05, 3.63) is 29.8 Å². The number of carbonyl (C=O) groups is 1. The van der Waals surface area contributed by atoms with Gasteiger partial charge >= 0.3 is 5.97 Å². The minimum absolute atomic E-state index is 0.0851. The second kappa shape index (κ2) is 11.8. The van der Waals surface area contributed by atoms with Crippen LogP contribution in [-0.2, 0) is 23.7 Å². The second-order valence-corrected chi connectivity index (χ2v) is 8.27. The maximum atomic E-state index is 12.1. The Kier molecular flexibility index (Phi) is 9.23. The molecule has 0 bridgehead atoms. The van der Waals surface area contributed by atoms with Gasteiger partial charge in [-0.25, -0.2) is 4.79 Å². The molecule has 2 aliphatic heterocycles. The number of hydrogen-bond acceptors (Lipinski definition) is 14. The third-order valence-corrected chi connectivity index (χ3v) is 5.90. The third-order valence-electron chi connectivity index (χ3n) is 5.90. The van der Waals surface area contributed by atoms with E-state index in [4.69, 9.17) is 23.7 Å². The molecule has 0 spiro atoms. The predicted molar refractivity (Wildman–Crippen MR) is 116 cm³/mol. The number of hydrogen-bond donors (Lipinski definition) is 8. The van der Waals surface area contributed by atoms with Gasteiger partial charge in [-0.2, -0.15) is 0 Å². The van der Waals surface area contributed by atoms with Crippen molar-refractivity contribution in [1.29, 1.82) is 0 Å². The van der Waals surface area contributed by atoms with Crippen LogP contribution in [0.3, 0.4) is 0 Å². The molecule has 2 aliphatic rings. The first-order chi connectivity index (χ1) is 17.1. The Morgan fingerprint density at radius 3 is 2.39 bits per heavy atom. The lowest BCUT2D eigenvalue weighted by atomic mass is 9.99. The summed E-state index contributed by atoms with van der Waals surface area (Å²) in [6, 6.07) is 4.36. The summed E-state index contributed by atoms with van der Waals surface area (Å²) in [5.41, 5.74) is 0.510. The predicted octanol–water partition coefficient (Wildman–Crippen LogP) is -3.42. The van der Waals surface area contributed by atoms with Gasteiger partial charge in [-0.1, -0.05) is 6.07 Å². The molecule has 0 saturated carbocycles. The van der Waals surface area contributed by atoms with Crippen LogP contribution in [-0.4, -0.2) is 129 Å². The van der Waals surface area contributed by atoms with Crippen LogP contribution >= 0.6 is 0 Å². The maximum absolute atomic E-state index is 12.1. The molecule has 0 amide bonds. The summed E-state index contributed by atoms with van der Waals surface area (Å²) in [6.07, 6.45) is -11.1. The molecule has 9 atom stereocenters. The van der Waals surface area contributed by atoms with Crippen LogP contribution in [0.4, 0.5) is 0 Å². The number of aromatic hydroxyl groups is 1. The summed E-state index contributed by atoms with van der Waals surface area (Å²) in [6.45, 7) is -2.34. The van der Waals surface area contributed by atoms with Gasteiger partial charge in [0, 0.05) is 6.08 Å². The molecule has 36 heavy (non-hydrogen) atoms. The Bertz CT molecular complexity index is 924. The Morgan fingerprint density at radius 1 is 1.06 bits per heavy atom. The normalized spacial score (nSPS) is 36.8. The van der Waals surface area contributed by atoms with Gasteiger partial charge in [-0.15, -0.1) is 0 Å². The van der Waals surface area contributed by atoms with Crippen LogP contribution in [0.1, 0.15) is 5.56 Å². The Labute approximate surface area is 205 Å². The SMILES string of the molecule is COc1cc(/C=C/C(=O)OC[C@H]2O[C@H](O[C@@]3(CO)O[C@H](CO)[C@@H](O)[C@@H]3O)[C@H](O)[C@@H](O)[C@@H]2O)ccc1O. The van der Waals surface area contributed by atoms with Gasteiger partial charge in [0.15, 0.2) is 17.8 Å². The highest BCUT2D eigenvalue weighted by atomic mass is 16.8. The summed E-state index contributed by atoms with van der Waals surface area (Å²) >= 11 is 0. The number of aliphatic hydroxyl groups excluding tert-OH is 7. The Hall–Kier alpha value is -2.37. The standard InChI is InChI=1S/C22H30O14/c1-32-12-6-10(2-4-11(12)25)3-5-15(26)33-8-14-16(27)18(29)19(30)21(34-14)36-22(9-24)20(31)17(28)13(7-23)35-22/h2-6,13-14,16-21,23-25,27-31H,7-9H2,1H3/b5-3+/t13-,14-,16-,17-,18+,19-,20+,21-,22-/m1/s1. The first-order valence-corrected chi connectivity index (χ1v) is 10.9. The first kappa shape index (κ1) is 28.2. The van der Waals surface area contributed by atoms with Crippen LogP contribution in [0.15, 0.2) is 24.3 Å². The lowest BCUT2D eigenvalue weighted by Gasteiger charge is -2.43. The molecule has 1 aromatic rings. The molecule has 0 radical (unpaired) electrons. The molecule has 3 rings (SSSR count). The topological polar surface area (TPSA) is 225 Å². The fourth-order valence-electron chi connectivity index (χ4n) is 3.79. The summed E-state index contributed by atoms with van der Waals surface area (Å²) in [4.78, 5) is 12.1. The highest BCUT2D eigenvalue weighted by Gasteiger charge is 2.58. The van der Waals surface area contributed by atoms with E-state index in [1.807, 2.05) is 0 Å². The van der Waals surface area contributed by atoms with E-state index in [-0.39, 0.29) is 11.5 Å². The number of methoxy groups -OCH3 is 1. The monoisotopic (exact) mass is 518 g/mol. The van der Waals surface area contributed by atoms with Crippen molar-refractivity contribution >= 4 is 12.0 Å². The van der Waals surface area contributed by atoms with Gasteiger partial charge in [0.25, 0.3) is 0 Å². The van der Waals surface area contributed by atoms with E-state index in [1.165, 1.54) is 31.4 Å². The maximum Gasteiger partial charge on any atom is 0.330 e. The highest BCUT2D eigenvalue weighted by molar-refractivity contribution is 5.87. The molecular weight excluding hydrogens is 488 g/mol. The van der Waals surface area contributed by atoms with E-state index in [2.05, 4.69) is 0 Å². The number of esters is 1. The van der Waals surface area contributed by atoms with Crippen molar-refractivity contribution < 1.29 is 69.3 Å². The summed E-state index contributed by atoms with van der Waals surface area (Å²) in [7, 11) is 1.36. The summed E-state index contributed by atoms with van der Waals surface area (Å²) in [5.74, 6) is -3.07. The van der Waals surface area contributed by atoms with Crippen LogP contribution < -0.4 is 4.74 Å². The lowest BCUT2D eigenvalue weighted by Crippen LogP contribution is -2.62. The van der Waals surface area contributed by atoms with Crippen molar-refractivity contribution in [2.75, 3.05) is 26.9 Å². The van der Waals surface area contributed by atoms with Crippen molar-refractivity contribution in [3.63, 3.8) is 0 Å². The van der Waals surface area contributed by atoms with E-state index in [0.717, 1.165) is 6.08 Å². The van der Waals surface area contributed by atoms with Crippen LogP contribution in [0.2, 0.25) is 0 Å². The zero-order valence-corrected chi connectivity index (χ0v) is 19.2. The average molecular weight is 518 g/mol. The molecular formula is C22H30O14. The first-order valence-electron chi connectivity index (χ1n) is 10.9. The quantitative estimate of drug-likeness (QED) is 0.118. The van der Waals surface area contributed by atoms with Crippen LogP contribution in [0.25, 0.3) is 6.08 Å². The molecule has 0 aromatic heterocycles. The fourth-order valence-corrected chi connectivity index (χ4v) is 3.79. The van der Waals surface area contributed by atoms with E-state index >= 15 is 0 Å². The zero-order chi connectivity index (χ0) is 26.6. The number of ether oxygens (including phenoxy) is 5. The zero-order valence-electron chi connectivity index (χ0n) is 19.2. The van der Waals surface area contributed by atoms with E-state index < -0.39 is 80.6 Å². The number of phenolic OH excluding ortho intramolecular Hbond substituents is 1. The van der Waals surface area contributed by atoms with Gasteiger partial charge in [0.1, 0.15) is 55.9 Å². The van der Waals surface area contributed by atoms with Crippen molar-refractivity contribution in [2.45, 2.75) is 54.8 Å². The van der Waals surface area contributed by atoms with Gasteiger partial charge in [-0.3, -0.25) is 0 Å². The molecule has 0 unspecified atom stereocenters. The largest absolute Gasteiger partial charge is 0.504 e. The number of aliphatic hydroxyl groups is 7. The van der Waals surface area contributed by atoms with Crippen molar-refractivity contribution in [3.8, 4) is 11.5 Å². The van der Waals surface area contributed by atoms with Gasteiger partial charge < -0.3 is 64.5 Å². The molecule has 14 heteroatoms. The molecule has 14 nitrogen and oxygen atoms in total. The second-order valence-electron chi connectivity index (χ2n) is 8.27. The number of rotatable bonds is 9. The van der Waals surface area contributed by atoms with Crippen LogP contribution in [0.5, 0.6) is 11.5 Å². The number of carbonyl (C=O) groups excluding carboxylic acids is 1. The number of phenols is 1. The molecule has 0 aliphatic carbocycles. The Balaban J connectivity index is 1.64. The van der Waals surface area contributed by atoms with E-state index in [0.29, 0.717) is 5.56 Å². The van der Waals surface area contributed by atoms with Gasteiger partial charge in [-0.05, 0) is 23.8 Å². The smallest absolute Gasteiger partial charge is 0.330 e. The summed E-state index contributed by atoms with van der Waals surface area (Å²) < 4.78 is 26.0. The molecule has 1 aromatic carbocycles. The van der Waals surface area contributed by atoms with Crippen LogP contribution in [0, 0.1) is 0 Å². The van der Waals surface area contributed by atoms with Crippen molar-refractivity contribution in [2.24, 2.45) is 0 Å². The minimum Gasteiger partial charge on any atom is -0.504 e. The van der Waals surface area contributed by atoms with Gasteiger partial charge in [0.05, 0.1) is 13.7 Å². The average Bonchev–Trinajstić information content (AvgIpc) is 3.12. The molecule has 2 saturated heterocycles. The van der Waals surface area contributed by atoms with E-state index in [9.17, 15) is 45.6 Å². The molecule has 2 fully saturated rings.